The van der Waals surface area contributed by atoms with Crippen molar-refractivity contribution in [2.75, 3.05) is 39.3 Å². The van der Waals surface area contributed by atoms with Gasteiger partial charge in [-0.05, 0) is 18.8 Å². The van der Waals surface area contributed by atoms with Crippen LogP contribution >= 0.6 is 0 Å². The molecule has 0 aromatic rings. The number of piperazine rings is 1. The highest BCUT2D eigenvalue weighted by atomic mass is 15.3. The lowest BCUT2D eigenvalue weighted by Crippen LogP contribution is -2.51. The molecule has 0 aromatic heterocycles. The highest BCUT2D eigenvalue weighted by Crippen LogP contribution is 2.19. The predicted molar refractivity (Wildman–Crippen MR) is 73.3 cm³/mol. The average molecular weight is 250 g/mol. The van der Waals surface area contributed by atoms with E-state index < -0.39 is 0 Å². The minimum absolute atomic E-state index is 0.0224. The zero-order valence-electron chi connectivity index (χ0n) is 11.7. The van der Waals surface area contributed by atoms with Gasteiger partial charge in [0, 0.05) is 45.3 Å². The molecule has 1 aliphatic carbocycles. The molecule has 0 aromatic carbocycles. The van der Waals surface area contributed by atoms with Gasteiger partial charge in [-0.1, -0.05) is 13.8 Å². The van der Waals surface area contributed by atoms with Crippen LogP contribution in [0.4, 0.5) is 0 Å². The van der Waals surface area contributed by atoms with Crippen molar-refractivity contribution >= 4 is 0 Å². The molecule has 2 aliphatic rings. The summed E-state index contributed by atoms with van der Waals surface area (Å²) in [4.78, 5) is 4.97. The molecule has 0 amide bonds. The van der Waals surface area contributed by atoms with E-state index in [0.717, 1.165) is 38.6 Å². The Morgan fingerprint density at radius 3 is 2.11 bits per heavy atom. The van der Waals surface area contributed by atoms with E-state index in [2.05, 4.69) is 35.0 Å². The van der Waals surface area contributed by atoms with Gasteiger partial charge in [-0.15, -0.1) is 0 Å². The smallest absolute Gasteiger partial charge is 0.108 e. The molecule has 1 heterocycles. The maximum atomic E-state index is 9.15. The Kier molecular flexibility index (Phi) is 4.99. The predicted octanol–water partition coefficient (Wildman–Crippen LogP) is 0.904. The monoisotopic (exact) mass is 250 g/mol. The van der Waals surface area contributed by atoms with Crippen molar-refractivity contribution in [2.45, 2.75) is 38.8 Å². The quantitative estimate of drug-likeness (QED) is 0.761. The summed E-state index contributed by atoms with van der Waals surface area (Å²) >= 11 is 0. The van der Waals surface area contributed by atoms with E-state index in [9.17, 15) is 0 Å². The molecule has 2 rings (SSSR count). The number of rotatable bonds is 6. The van der Waals surface area contributed by atoms with Gasteiger partial charge < -0.3 is 4.90 Å². The molecule has 18 heavy (non-hydrogen) atoms. The van der Waals surface area contributed by atoms with E-state index in [-0.39, 0.29) is 6.04 Å². The molecule has 1 saturated carbocycles. The minimum Gasteiger partial charge on any atom is -0.301 e. The molecule has 1 saturated heterocycles. The van der Waals surface area contributed by atoms with Gasteiger partial charge in [-0.3, -0.25) is 10.2 Å². The number of hydrogen-bond donors (Lipinski definition) is 1. The summed E-state index contributed by atoms with van der Waals surface area (Å²) in [6.07, 6.45) is 2.50. The topological polar surface area (TPSA) is 42.3 Å². The number of nitriles is 1. The van der Waals surface area contributed by atoms with E-state index in [0.29, 0.717) is 6.04 Å². The molecular formula is C14H26N4. The average Bonchev–Trinajstić information content (AvgIpc) is 3.14. The third kappa shape index (κ3) is 4.56. The first-order valence-corrected chi connectivity index (χ1v) is 7.27. The van der Waals surface area contributed by atoms with Crippen LogP contribution < -0.4 is 5.32 Å². The van der Waals surface area contributed by atoms with Crippen molar-refractivity contribution in [1.82, 2.24) is 15.1 Å². The zero-order valence-corrected chi connectivity index (χ0v) is 11.7. The van der Waals surface area contributed by atoms with Crippen molar-refractivity contribution in [3.8, 4) is 6.07 Å². The van der Waals surface area contributed by atoms with Gasteiger partial charge in [0.25, 0.3) is 0 Å². The zero-order chi connectivity index (χ0) is 13.0. The molecule has 1 aliphatic heterocycles. The SMILES string of the molecule is CC(C)CN1CCN(CC(C#N)NC2CC2)CC1. The first-order valence-electron chi connectivity index (χ1n) is 7.27. The molecule has 2 fully saturated rings. The van der Waals surface area contributed by atoms with Gasteiger partial charge in [0.1, 0.15) is 6.04 Å². The lowest BCUT2D eigenvalue weighted by molar-refractivity contribution is 0.118. The summed E-state index contributed by atoms with van der Waals surface area (Å²) in [7, 11) is 0. The third-order valence-electron chi connectivity index (χ3n) is 3.70. The fraction of sp³-hybridized carbons (Fsp3) is 0.929. The molecule has 0 bridgehead atoms. The minimum atomic E-state index is 0.0224. The van der Waals surface area contributed by atoms with Crippen LogP contribution in [-0.4, -0.2) is 61.2 Å². The Labute approximate surface area is 111 Å². The van der Waals surface area contributed by atoms with Crippen molar-refractivity contribution < 1.29 is 0 Å². The van der Waals surface area contributed by atoms with E-state index in [1.165, 1.54) is 19.4 Å². The van der Waals surface area contributed by atoms with Crippen LogP contribution in [0.3, 0.4) is 0 Å². The second kappa shape index (κ2) is 6.51. The van der Waals surface area contributed by atoms with Crippen molar-refractivity contribution in [3.05, 3.63) is 0 Å². The van der Waals surface area contributed by atoms with E-state index in [4.69, 9.17) is 5.26 Å². The maximum absolute atomic E-state index is 9.15. The summed E-state index contributed by atoms with van der Waals surface area (Å²) < 4.78 is 0. The van der Waals surface area contributed by atoms with Crippen molar-refractivity contribution in [3.63, 3.8) is 0 Å². The molecular weight excluding hydrogens is 224 g/mol. The van der Waals surface area contributed by atoms with Crippen LogP contribution in [0.5, 0.6) is 0 Å². The van der Waals surface area contributed by atoms with Crippen molar-refractivity contribution in [2.24, 2.45) is 5.92 Å². The molecule has 4 heteroatoms. The molecule has 1 atom stereocenters. The van der Waals surface area contributed by atoms with E-state index in [1.807, 2.05) is 0 Å². The van der Waals surface area contributed by atoms with E-state index in [1.54, 1.807) is 0 Å². The maximum Gasteiger partial charge on any atom is 0.108 e. The van der Waals surface area contributed by atoms with Crippen molar-refractivity contribution in [1.29, 1.82) is 5.26 Å². The van der Waals surface area contributed by atoms with Gasteiger partial charge in [0.15, 0.2) is 0 Å². The summed E-state index contributed by atoms with van der Waals surface area (Å²) in [5.74, 6) is 0.750. The number of nitrogens with one attached hydrogen (secondary N) is 1. The third-order valence-corrected chi connectivity index (χ3v) is 3.70. The van der Waals surface area contributed by atoms with Crippen LogP contribution in [-0.2, 0) is 0 Å². The van der Waals surface area contributed by atoms with Gasteiger partial charge in [0.05, 0.1) is 6.07 Å². The summed E-state index contributed by atoms with van der Waals surface area (Å²) in [6.45, 7) is 11.2. The summed E-state index contributed by atoms with van der Waals surface area (Å²) in [5, 5.41) is 12.6. The van der Waals surface area contributed by atoms with Gasteiger partial charge in [-0.2, -0.15) is 5.26 Å². The number of nitrogens with zero attached hydrogens (tertiary/aromatic N) is 3. The first kappa shape index (κ1) is 13.8. The van der Waals surface area contributed by atoms with Gasteiger partial charge in [-0.25, -0.2) is 0 Å². The Hall–Kier alpha value is -0.630. The molecule has 4 nitrogen and oxygen atoms in total. The Bertz CT molecular complexity index is 285. The van der Waals surface area contributed by atoms with Crippen LogP contribution in [0, 0.1) is 17.2 Å². The van der Waals surface area contributed by atoms with Crippen LogP contribution in [0.25, 0.3) is 0 Å². The summed E-state index contributed by atoms with van der Waals surface area (Å²) in [5.41, 5.74) is 0. The lowest BCUT2D eigenvalue weighted by atomic mass is 10.2. The fourth-order valence-corrected chi connectivity index (χ4v) is 2.59. The highest BCUT2D eigenvalue weighted by molar-refractivity contribution is 4.97. The van der Waals surface area contributed by atoms with Gasteiger partial charge >= 0.3 is 0 Å². The second-order valence-corrected chi connectivity index (χ2v) is 6.12. The van der Waals surface area contributed by atoms with Crippen LogP contribution in [0.2, 0.25) is 0 Å². The Morgan fingerprint density at radius 2 is 1.67 bits per heavy atom. The summed E-state index contributed by atoms with van der Waals surface area (Å²) in [6, 6.07) is 3.04. The van der Waals surface area contributed by atoms with Crippen LogP contribution in [0.1, 0.15) is 26.7 Å². The molecule has 1 N–H and O–H groups in total. The Morgan fingerprint density at radius 1 is 1.11 bits per heavy atom. The molecule has 1 unspecified atom stereocenters. The lowest BCUT2D eigenvalue weighted by Gasteiger charge is -2.36. The normalized spacial score (nSPS) is 24.1. The number of hydrogen-bond acceptors (Lipinski definition) is 4. The first-order chi connectivity index (χ1) is 8.67. The standard InChI is InChI=1S/C14H26N4/c1-12(2)10-17-5-7-18(8-6-17)11-14(9-15)16-13-3-4-13/h12-14,16H,3-8,10-11H2,1-2H3. The largest absolute Gasteiger partial charge is 0.301 e. The Balaban J connectivity index is 1.67. The molecule has 0 spiro atoms. The molecule has 0 radical (unpaired) electrons. The second-order valence-electron chi connectivity index (χ2n) is 6.12. The molecule has 102 valence electrons. The fourth-order valence-electron chi connectivity index (χ4n) is 2.59. The van der Waals surface area contributed by atoms with Crippen LogP contribution in [0.15, 0.2) is 0 Å². The van der Waals surface area contributed by atoms with E-state index >= 15 is 0 Å². The highest BCUT2D eigenvalue weighted by Gasteiger charge is 2.26. The van der Waals surface area contributed by atoms with Gasteiger partial charge in [0.2, 0.25) is 0 Å².